The molecule has 0 unspecified atom stereocenters. The molecule has 110 valence electrons. The molecule has 2 aliphatic rings. The van der Waals surface area contributed by atoms with Gasteiger partial charge in [-0.1, -0.05) is 25.3 Å². The summed E-state index contributed by atoms with van der Waals surface area (Å²) in [7, 11) is 0. The number of likely N-dealkylation sites (tertiary alicyclic amines) is 1. The first-order valence-electron chi connectivity index (χ1n) is 8.02. The molecule has 1 saturated carbocycles. The van der Waals surface area contributed by atoms with Gasteiger partial charge in [0, 0.05) is 18.7 Å². The van der Waals surface area contributed by atoms with Crippen LogP contribution >= 0.6 is 0 Å². The van der Waals surface area contributed by atoms with Gasteiger partial charge in [0.25, 0.3) is 5.91 Å². The van der Waals surface area contributed by atoms with Crippen LogP contribution in [0.15, 0.2) is 24.3 Å². The van der Waals surface area contributed by atoms with Crippen molar-refractivity contribution in [3.05, 3.63) is 35.4 Å². The predicted octanol–water partition coefficient (Wildman–Crippen LogP) is 3.74. The van der Waals surface area contributed by atoms with Crippen LogP contribution in [-0.2, 0) is 0 Å². The zero-order valence-electron chi connectivity index (χ0n) is 12.5. The van der Waals surface area contributed by atoms with Gasteiger partial charge in [-0.25, -0.2) is 0 Å². The average Bonchev–Trinajstić information content (AvgIpc) is 2.56. The Labute approximate surface area is 126 Å². The Balaban J connectivity index is 1.66. The van der Waals surface area contributed by atoms with Crippen molar-refractivity contribution in [3.8, 4) is 6.07 Å². The lowest BCUT2D eigenvalue weighted by molar-refractivity contribution is 0.0472. The highest BCUT2D eigenvalue weighted by atomic mass is 16.2. The first-order chi connectivity index (χ1) is 10.2. The number of benzene rings is 1. The zero-order valence-corrected chi connectivity index (χ0v) is 12.5. The van der Waals surface area contributed by atoms with Gasteiger partial charge in [0.15, 0.2) is 0 Å². The number of carbonyl (C=O) groups is 1. The van der Waals surface area contributed by atoms with Gasteiger partial charge in [-0.05, 0) is 49.3 Å². The summed E-state index contributed by atoms with van der Waals surface area (Å²) in [6.07, 6.45) is 9.09. The Morgan fingerprint density at radius 1 is 1.10 bits per heavy atom. The van der Waals surface area contributed by atoms with E-state index in [1.54, 1.807) is 18.2 Å². The molecule has 3 rings (SSSR count). The lowest BCUT2D eigenvalue weighted by Gasteiger charge is -2.44. The summed E-state index contributed by atoms with van der Waals surface area (Å²) in [5.74, 6) is 0.0813. The lowest BCUT2D eigenvalue weighted by Crippen LogP contribution is -2.43. The second kappa shape index (κ2) is 5.89. The van der Waals surface area contributed by atoms with Crippen molar-refractivity contribution in [2.75, 3.05) is 13.1 Å². The van der Waals surface area contributed by atoms with Crippen molar-refractivity contribution in [1.29, 1.82) is 5.26 Å². The number of carbonyl (C=O) groups excluding carboxylic acids is 1. The quantitative estimate of drug-likeness (QED) is 0.787. The second-order valence-corrected chi connectivity index (χ2v) is 6.55. The van der Waals surface area contributed by atoms with E-state index >= 15 is 0 Å². The van der Waals surface area contributed by atoms with E-state index in [0.717, 1.165) is 25.9 Å². The Morgan fingerprint density at radius 2 is 1.81 bits per heavy atom. The number of hydrogen-bond donors (Lipinski definition) is 0. The maximum Gasteiger partial charge on any atom is 0.253 e. The maximum atomic E-state index is 12.6. The van der Waals surface area contributed by atoms with Crippen molar-refractivity contribution in [1.82, 2.24) is 4.90 Å². The second-order valence-electron chi connectivity index (χ2n) is 6.55. The molecule has 1 spiro atoms. The predicted molar refractivity (Wildman–Crippen MR) is 81.8 cm³/mol. The number of amides is 1. The van der Waals surface area contributed by atoms with Gasteiger partial charge in [0.1, 0.15) is 0 Å². The number of rotatable bonds is 1. The molecule has 1 amide bonds. The molecule has 1 saturated heterocycles. The third-order valence-electron chi connectivity index (χ3n) is 5.26. The maximum absolute atomic E-state index is 12.6. The highest BCUT2D eigenvalue weighted by Crippen LogP contribution is 2.44. The van der Waals surface area contributed by atoms with Crippen molar-refractivity contribution in [3.63, 3.8) is 0 Å². The normalized spacial score (nSPS) is 21.0. The molecule has 3 heteroatoms. The molecule has 1 aromatic rings. The largest absolute Gasteiger partial charge is 0.339 e. The minimum atomic E-state index is 0.0813. The van der Waals surface area contributed by atoms with Crippen molar-refractivity contribution in [2.24, 2.45) is 5.41 Å². The number of nitrogens with zero attached hydrogens (tertiary/aromatic N) is 2. The molecule has 1 aliphatic heterocycles. The fraction of sp³-hybridized carbons (Fsp3) is 0.556. The topological polar surface area (TPSA) is 44.1 Å². The Kier molecular flexibility index (Phi) is 3.96. The first-order valence-corrected chi connectivity index (χ1v) is 8.02. The van der Waals surface area contributed by atoms with Gasteiger partial charge in [-0.15, -0.1) is 0 Å². The fourth-order valence-electron chi connectivity index (χ4n) is 3.89. The van der Waals surface area contributed by atoms with Gasteiger partial charge in [0.05, 0.1) is 11.6 Å². The van der Waals surface area contributed by atoms with Crippen LogP contribution in [0.1, 0.15) is 60.9 Å². The Bertz CT molecular complexity index is 557. The molecule has 0 bridgehead atoms. The van der Waals surface area contributed by atoms with E-state index in [1.165, 1.54) is 32.1 Å². The van der Waals surface area contributed by atoms with Crippen LogP contribution in [0.25, 0.3) is 0 Å². The SMILES string of the molecule is N#Cc1cccc(C(=O)N2CCC3(CCCCC3)CC2)c1. The first kappa shape index (κ1) is 14.1. The van der Waals surface area contributed by atoms with Crippen LogP contribution in [0.5, 0.6) is 0 Å². The molecule has 2 fully saturated rings. The minimum Gasteiger partial charge on any atom is -0.339 e. The van der Waals surface area contributed by atoms with Crippen LogP contribution in [0.4, 0.5) is 0 Å². The van der Waals surface area contributed by atoms with Crippen LogP contribution in [0.3, 0.4) is 0 Å². The molecule has 1 aliphatic carbocycles. The average molecular weight is 282 g/mol. The molecular formula is C18H22N2O. The highest BCUT2D eigenvalue weighted by Gasteiger charge is 2.36. The van der Waals surface area contributed by atoms with Gasteiger partial charge in [-0.2, -0.15) is 5.26 Å². The van der Waals surface area contributed by atoms with Gasteiger partial charge < -0.3 is 4.90 Å². The molecule has 21 heavy (non-hydrogen) atoms. The smallest absolute Gasteiger partial charge is 0.253 e. The van der Waals surface area contributed by atoms with Gasteiger partial charge in [0.2, 0.25) is 0 Å². The number of hydrogen-bond acceptors (Lipinski definition) is 2. The standard InChI is InChI=1S/C18H22N2O/c19-14-15-5-4-6-16(13-15)17(21)20-11-9-18(10-12-20)7-2-1-3-8-18/h4-6,13H,1-3,7-12H2. The summed E-state index contributed by atoms with van der Waals surface area (Å²) >= 11 is 0. The number of piperidine rings is 1. The van der Waals surface area contributed by atoms with Crippen LogP contribution in [0.2, 0.25) is 0 Å². The van der Waals surface area contributed by atoms with Crippen molar-refractivity contribution < 1.29 is 4.79 Å². The van der Waals surface area contributed by atoms with Crippen LogP contribution in [-0.4, -0.2) is 23.9 Å². The van der Waals surface area contributed by atoms with E-state index in [1.807, 2.05) is 11.0 Å². The van der Waals surface area contributed by atoms with E-state index in [-0.39, 0.29) is 5.91 Å². The Morgan fingerprint density at radius 3 is 2.48 bits per heavy atom. The third kappa shape index (κ3) is 2.95. The molecule has 3 nitrogen and oxygen atoms in total. The van der Waals surface area contributed by atoms with Gasteiger partial charge >= 0.3 is 0 Å². The summed E-state index contributed by atoms with van der Waals surface area (Å²) in [4.78, 5) is 14.5. The van der Waals surface area contributed by atoms with Crippen molar-refractivity contribution in [2.45, 2.75) is 44.9 Å². The molecule has 1 aromatic carbocycles. The fourth-order valence-corrected chi connectivity index (χ4v) is 3.89. The lowest BCUT2D eigenvalue weighted by atomic mass is 9.68. The van der Waals surface area contributed by atoms with Crippen LogP contribution < -0.4 is 0 Å². The molecule has 0 N–H and O–H groups in total. The van der Waals surface area contributed by atoms with E-state index < -0.39 is 0 Å². The third-order valence-corrected chi connectivity index (χ3v) is 5.26. The Hall–Kier alpha value is -1.82. The summed E-state index contributed by atoms with van der Waals surface area (Å²) < 4.78 is 0. The summed E-state index contributed by atoms with van der Waals surface area (Å²) in [5, 5.41) is 8.95. The molecule has 1 heterocycles. The highest BCUT2D eigenvalue weighted by molar-refractivity contribution is 5.94. The summed E-state index contributed by atoms with van der Waals surface area (Å²) in [6, 6.07) is 9.15. The van der Waals surface area contributed by atoms with E-state index in [2.05, 4.69) is 6.07 Å². The molecular weight excluding hydrogens is 260 g/mol. The van der Waals surface area contributed by atoms with E-state index in [4.69, 9.17) is 5.26 Å². The monoisotopic (exact) mass is 282 g/mol. The molecule has 0 radical (unpaired) electrons. The minimum absolute atomic E-state index is 0.0813. The molecule has 0 atom stereocenters. The summed E-state index contributed by atoms with van der Waals surface area (Å²) in [5.41, 5.74) is 1.72. The van der Waals surface area contributed by atoms with Crippen LogP contribution in [0, 0.1) is 16.7 Å². The van der Waals surface area contributed by atoms with Gasteiger partial charge in [-0.3, -0.25) is 4.79 Å². The van der Waals surface area contributed by atoms with Crippen molar-refractivity contribution >= 4 is 5.91 Å². The summed E-state index contributed by atoms with van der Waals surface area (Å²) in [6.45, 7) is 1.74. The zero-order chi connectivity index (χ0) is 14.7. The molecule has 0 aromatic heterocycles. The number of nitriles is 1. The van der Waals surface area contributed by atoms with E-state index in [0.29, 0.717) is 16.5 Å². The van der Waals surface area contributed by atoms with E-state index in [9.17, 15) is 4.79 Å².